The average Bonchev–Trinajstić information content (AvgIpc) is 3.42. The van der Waals surface area contributed by atoms with Crippen LogP contribution in [0.3, 0.4) is 0 Å². The van der Waals surface area contributed by atoms with Crippen molar-refractivity contribution in [2.75, 3.05) is 5.75 Å². The minimum Gasteiger partial charge on any atom is -0.461 e. The van der Waals surface area contributed by atoms with Crippen LogP contribution in [0.5, 0.6) is 0 Å². The molecule has 6 nitrogen and oxygen atoms in total. The number of carbonyl (C=O) groups is 1. The average molecular weight is 413 g/mol. The van der Waals surface area contributed by atoms with E-state index >= 15 is 0 Å². The normalized spacial score (nSPS) is 13.2. The van der Waals surface area contributed by atoms with E-state index in [1.54, 1.807) is 6.26 Å². The predicted molar refractivity (Wildman–Crippen MR) is 116 cm³/mol. The van der Waals surface area contributed by atoms with Gasteiger partial charge < -0.3 is 9.32 Å². The number of nitrogens with zero attached hydrogens (tertiary/aromatic N) is 4. The van der Waals surface area contributed by atoms with E-state index in [0.717, 1.165) is 18.5 Å². The number of aromatic nitrogens is 3. The van der Waals surface area contributed by atoms with E-state index in [2.05, 4.69) is 37.9 Å². The quantitative estimate of drug-likeness (QED) is 0.461. The molecule has 2 atom stereocenters. The Hall–Kier alpha value is -2.54. The fourth-order valence-electron chi connectivity index (χ4n) is 3.26. The Morgan fingerprint density at radius 3 is 2.34 bits per heavy atom. The molecule has 1 aromatic carbocycles. The molecule has 0 aliphatic rings. The molecule has 0 bridgehead atoms. The second kappa shape index (κ2) is 9.78. The smallest absolute Gasteiger partial charge is 0.233 e. The van der Waals surface area contributed by atoms with Crippen LogP contribution in [0.15, 0.2) is 58.3 Å². The van der Waals surface area contributed by atoms with E-state index in [0.29, 0.717) is 22.5 Å². The number of hydrogen-bond acceptors (Lipinski definition) is 5. The standard InChI is InChI=1S/C22H28N4O2S/c1-5-16(3)25(17(4)6-2)20(27)15-29-22-24-23-21(19-13-10-14-28-19)26(22)18-11-8-7-9-12-18/h7-14,16-17H,5-6,15H2,1-4H3/t16-,17+. The summed E-state index contributed by atoms with van der Waals surface area (Å²) in [6, 6.07) is 14.0. The lowest BCUT2D eigenvalue weighted by molar-refractivity contribution is -0.132. The molecule has 0 saturated heterocycles. The maximum Gasteiger partial charge on any atom is 0.233 e. The first kappa shape index (κ1) is 21.2. The Balaban J connectivity index is 1.87. The number of para-hydroxylation sites is 1. The Morgan fingerprint density at radius 2 is 1.76 bits per heavy atom. The molecular formula is C22H28N4O2S. The van der Waals surface area contributed by atoms with Crippen LogP contribution in [-0.4, -0.2) is 43.4 Å². The SMILES string of the molecule is CC[C@@H](C)N(C(=O)CSc1nnc(-c2ccco2)n1-c1ccccc1)[C@@H](C)CC. The fourth-order valence-corrected chi connectivity index (χ4v) is 4.08. The molecule has 3 aromatic rings. The third-order valence-electron chi connectivity index (χ3n) is 5.13. The highest BCUT2D eigenvalue weighted by atomic mass is 32.2. The minimum atomic E-state index is 0.126. The van der Waals surface area contributed by atoms with Crippen molar-refractivity contribution < 1.29 is 9.21 Å². The number of thioether (sulfide) groups is 1. The molecule has 1 amide bonds. The molecule has 0 aliphatic heterocycles. The first-order chi connectivity index (χ1) is 14.1. The van der Waals surface area contributed by atoms with E-state index in [-0.39, 0.29) is 18.0 Å². The summed E-state index contributed by atoms with van der Waals surface area (Å²) >= 11 is 1.41. The first-order valence-electron chi connectivity index (χ1n) is 10.0. The van der Waals surface area contributed by atoms with Gasteiger partial charge in [-0.3, -0.25) is 9.36 Å². The van der Waals surface area contributed by atoms with E-state index in [1.807, 2.05) is 51.9 Å². The summed E-state index contributed by atoms with van der Waals surface area (Å²) in [6.45, 7) is 8.44. The largest absolute Gasteiger partial charge is 0.461 e. The number of carbonyl (C=O) groups excluding carboxylic acids is 1. The molecule has 2 aromatic heterocycles. The van der Waals surface area contributed by atoms with Gasteiger partial charge in [0.2, 0.25) is 11.7 Å². The summed E-state index contributed by atoms with van der Waals surface area (Å²) in [6.07, 6.45) is 3.49. The summed E-state index contributed by atoms with van der Waals surface area (Å²) in [5, 5.41) is 9.36. The van der Waals surface area contributed by atoms with Gasteiger partial charge in [0.25, 0.3) is 0 Å². The van der Waals surface area contributed by atoms with Gasteiger partial charge >= 0.3 is 0 Å². The molecule has 2 heterocycles. The van der Waals surface area contributed by atoms with Gasteiger partial charge in [0.15, 0.2) is 10.9 Å². The van der Waals surface area contributed by atoms with Crippen LogP contribution in [-0.2, 0) is 4.79 Å². The van der Waals surface area contributed by atoms with Crippen molar-refractivity contribution in [1.29, 1.82) is 0 Å². The fraction of sp³-hybridized carbons (Fsp3) is 0.409. The van der Waals surface area contributed by atoms with E-state index in [9.17, 15) is 4.79 Å². The van der Waals surface area contributed by atoms with Gasteiger partial charge in [-0.2, -0.15) is 0 Å². The Morgan fingerprint density at radius 1 is 1.07 bits per heavy atom. The monoisotopic (exact) mass is 412 g/mol. The number of furan rings is 1. The van der Waals surface area contributed by atoms with Crippen molar-refractivity contribution >= 4 is 17.7 Å². The Bertz CT molecular complexity index is 898. The topological polar surface area (TPSA) is 64.2 Å². The summed E-state index contributed by atoms with van der Waals surface area (Å²) in [4.78, 5) is 15.0. The molecule has 7 heteroatoms. The van der Waals surface area contributed by atoms with Crippen LogP contribution < -0.4 is 0 Å². The molecular weight excluding hydrogens is 384 g/mol. The van der Waals surface area contributed by atoms with Crippen molar-refractivity contribution in [3.8, 4) is 17.3 Å². The van der Waals surface area contributed by atoms with Gasteiger partial charge in [-0.25, -0.2) is 0 Å². The van der Waals surface area contributed by atoms with Crippen molar-refractivity contribution in [2.45, 2.75) is 57.8 Å². The highest BCUT2D eigenvalue weighted by Crippen LogP contribution is 2.28. The second-order valence-corrected chi connectivity index (χ2v) is 8.00. The second-order valence-electron chi connectivity index (χ2n) is 7.06. The molecule has 0 fully saturated rings. The lowest BCUT2D eigenvalue weighted by Crippen LogP contribution is -2.45. The maximum atomic E-state index is 13.0. The van der Waals surface area contributed by atoms with Gasteiger partial charge in [0.1, 0.15) is 0 Å². The van der Waals surface area contributed by atoms with Crippen LogP contribution in [0.25, 0.3) is 17.3 Å². The van der Waals surface area contributed by atoms with E-state index < -0.39 is 0 Å². The number of hydrogen-bond donors (Lipinski definition) is 0. The zero-order valence-corrected chi connectivity index (χ0v) is 18.2. The molecule has 154 valence electrons. The maximum absolute atomic E-state index is 13.0. The molecule has 0 saturated carbocycles. The lowest BCUT2D eigenvalue weighted by Gasteiger charge is -2.34. The molecule has 3 rings (SSSR count). The number of benzene rings is 1. The summed E-state index contributed by atoms with van der Waals surface area (Å²) in [5.74, 6) is 1.70. The van der Waals surface area contributed by atoms with Crippen LogP contribution in [0.4, 0.5) is 0 Å². The van der Waals surface area contributed by atoms with Crippen molar-refractivity contribution in [3.63, 3.8) is 0 Å². The third-order valence-corrected chi connectivity index (χ3v) is 6.05. The molecule has 29 heavy (non-hydrogen) atoms. The van der Waals surface area contributed by atoms with Crippen molar-refractivity contribution in [1.82, 2.24) is 19.7 Å². The molecule has 0 spiro atoms. The van der Waals surface area contributed by atoms with Crippen molar-refractivity contribution in [3.05, 3.63) is 48.7 Å². The summed E-state index contributed by atoms with van der Waals surface area (Å²) < 4.78 is 7.48. The van der Waals surface area contributed by atoms with E-state index in [4.69, 9.17) is 4.42 Å². The Labute approximate surface area is 176 Å². The highest BCUT2D eigenvalue weighted by Gasteiger charge is 2.25. The molecule has 0 aliphatic carbocycles. The van der Waals surface area contributed by atoms with Gasteiger partial charge in [0, 0.05) is 17.8 Å². The summed E-state index contributed by atoms with van der Waals surface area (Å²) in [7, 11) is 0. The zero-order valence-electron chi connectivity index (χ0n) is 17.4. The molecule has 0 radical (unpaired) electrons. The lowest BCUT2D eigenvalue weighted by atomic mass is 10.1. The van der Waals surface area contributed by atoms with Crippen LogP contribution in [0.1, 0.15) is 40.5 Å². The van der Waals surface area contributed by atoms with Gasteiger partial charge in [-0.1, -0.05) is 43.8 Å². The van der Waals surface area contributed by atoms with E-state index in [1.165, 1.54) is 11.8 Å². The first-order valence-corrected chi connectivity index (χ1v) is 11.0. The van der Waals surface area contributed by atoms with Gasteiger partial charge in [-0.05, 0) is 51.0 Å². The number of amides is 1. The Kier molecular flexibility index (Phi) is 7.14. The van der Waals surface area contributed by atoms with Gasteiger partial charge in [0.05, 0.1) is 12.0 Å². The number of rotatable bonds is 9. The van der Waals surface area contributed by atoms with Crippen LogP contribution in [0, 0.1) is 0 Å². The molecule has 0 unspecified atom stereocenters. The summed E-state index contributed by atoms with van der Waals surface area (Å²) in [5.41, 5.74) is 0.930. The van der Waals surface area contributed by atoms with Crippen molar-refractivity contribution in [2.24, 2.45) is 0 Å². The zero-order chi connectivity index (χ0) is 20.8. The third kappa shape index (κ3) is 4.72. The van der Waals surface area contributed by atoms with Gasteiger partial charge in [-0.15, -0.1) is 10.2 Å². The predicted octanol–water partition coefficient (Wildman–Crippen LogP) is 5.05. The van der Waals surface area contributed by atoms with Crippen LogP contribution >= 0.6 is 11.8 Å². The van der Waals surface area contributed by atoms with Crippen LogP contribution in [0.2, 0.25) is 0 Å². The minimum absolute atomic E-state index is 0.126. The highest BCUT2D eigenvalue weighted by molar-refractivity contribution is 7.99. The molecule has 0 N–H and O–H groups in total.